The summed E-state index contributed by atoms with van der Waals surface area (Å²) < 4.78 is 27.9. The molecular formula is C7H15NO5S. The molecule has 0 saturated carbocycles. The number of hydrogen-bond donors (Lipinski definition) is 3. The van der Waals surface area contributed by atoms with E-state index in [9.17, 15) is 13.2 Å². The van der Waals surface area contributed by atoms with E-state index in [0.717, 1.165) is 6.08 Å². The van der Waals surface area contributed by atoms with Crippen molar-refractivity contribution in [2.75, 3.05) is 6.54 Å². The fourth-order valence-corrected chi connectivity index (χ4v) is 0.316. The Kier molecular flexibility index (Phi) is 6.37. The number of carbonyl (C=O) groups is 1. The van der Waals surface area contributed by atoms with Crippen molar-refractivity contribution in [2.24, 2.45) is 5.73 Å². The fourth-order valence-electron chi connectivity index (χ4n) is 0.105. The van der Waals surface area contributed by atoms with Gasteiger partial charge in [0.15, 0.2) is 0 Å². The highest BCUT2D eigenvalue weighted by Gasteiger charge is 2.30. The van der Waals surface area contributed by atoms with Gasteiger partial charge in [0, 0.05) is 12.6 Å². The fraction of sp³-hybridized carbons (Fsp3) is 0.571. The zero-order chi connectivity index (χ0) is 12.0. The summed E-state index contributed by atoms with van der Waals surface area (Å²) in [6.45, 7) is 5.61. The molecule has 0 aliphatic rings. The first-order valence-electron chi connectivity index (χ1n) is 3.61. The van der Waals surface area contributed by atoms with E-state index in [-0.39, 0.29) is 6.54 Å². The molecule has 0 saturated heterocycles. The van der Waals surface area contributed by atoms with Gasteiger partial charge in [0.25, 0.3) is 10.1 Å². The zero-order valence-electron chi connectivity index (χ0n) is 8.10. The van der Waals surface area contributed by atoms with E-state index < -0.39 is 20.8 Å². The highest BCUT2D eigenvalue weighted by molar-refractivity contribution is 7.87. The summed E-state index contributed by atoms with van der Waals surface area (Å²) in [6, 6.07) is 0. The third-order valence-corrected chi connectivity index (χ3v) is 2.93. The minimum atomic E-state index is -3.98. The van der Waals surface area contributed by atoms with E-state index in [4.69, 9.17) is 15.4 Å². The van der Waals surface area contributed by atoms with Gasteiger partial charge in [0.2, 0.25) is 0 Å². The summed E-state index contributed by atoms with van der Waals surface area (Å²) in [5.74, 6) is -0.981. The van der Waals surface area contributed by atoms with Gasteiger partial charge < -0.3 is 10.8 Å². The standard InChI is InChI=1S/C4H11NO3S.C3H4O2/c1-4(2,3-5)9(6,7)8;1-2-3(4)5/h3,5H2,1-2H3,(H,6,7,8);2H,1H2,(H,4,5). The maximum atomic E-state index is 10.4. The van der Waals surface area contributed by atoms with Crippen molar-refractivity contribution in [2.45, 2.75) is 18.6 Å². The second-order valence-corrected chi connectivity index (χ2v) is 5.04. The number of carboxylic acid groups (broad SMARTS) is 1. The molecule has 0 rings (SSSR count). The van der Waals surface area contributed by atoms with Gasteiger partial charge in [0.05, 0.1) is 0 Å². The molecule has 0 unspecified atom stereocenters. The van der Waals surface area contributed by atoms with E-state index in [0.29, 0.717) is 0 Å². The average molecular weight is 225 g/mol. The van der Waals surface area contributed by atoms with Crippen LogP contribution >= 0.6 is 0 Å². The Morgan fingerprint density at radius 1 is 1.57 bits per heavy atom. The first-order valence-corrected chi connectivity index (χ1v) is 5.05. The molecule has 0 bridgehead atoms. The van der Waals surface area contributed by atoms with Crippen LogP contribution in [0.5, 0.6) is 0 Å². The summed E-state index contributed by atoms with van der Waals surface area (Å²) >= 11 is 0. The molecule has 4 N–H and O–H groups in total. The van der Waals surface area contributed by atoms with Gasteiger partial charge in [0.1, 0.15) is 4.75 Å². The van der Waals surface area contributed by atoms with Crippen LogP contribution in [0, 0.1) is 0 Å². The van der Waals surface area contributed by atoms with E-state index in [1.165, 1.54) is 13.8 Å². The number of carboxylic acids is 1. The molecule has 0 spiro atoms. The number of nitrogens with two attached hydrogens (primary N) is 1. The molecule has 7 heteroatoms. The Morgan fingerprint density at radius 3 is 1.86 bits per heavy atom. The van der Waals surface area contributed by atoms with Gasteiger partial charge >= 0.3 is 5.97 Å². The summed E-state index contributed by atoms with van der Waals surface area (Å²) in [5.41, 5.74) is 5.05. The lowest BCUT2D eigenvalue weighted by molar-refractivity contribution is -0.131. The van der Waals surface area contributed by atoms with Crippen LogP contribution in [0.25, 0.3) is 0 Å². The second kappa shape index (κ2) is 5.74. The van der Waals surface area contributed by atoms with Gasteiger partial charge in [-0.1, -0.05) is 6.58 Å². The molecule has 0 aromatic carbocycles. The molecule has 0 amide bonds. The Bertz CT molecular complexity index is 293. The largest absolute Gasteiger partial charge is 0.478 e. The molecule has 84 valence electrons. The van der Waals surface area contributed by atoms with E-state index in [2.05, 4.69) is 6.58 Å². The quantitative estimate of drug-likeness (QED) is 0.455. The van der Waals surface area contributed by atoms with E-state index in [1.807, 2.05) is 0 Å². The van der Waals surface area contributed by atoms with Crippen LogP contribution in [0.4, 0.5) is 0 Å². The molecule has 0 atom stereocenters. The van der Waals surface area contributed by atoms with Gasteiger partial charge in [-0.05, 0) is 13.8 Å². The molecule has 0 aliphatic heterocycles. The SMILES string of the molecule is C=CC(=O)O.CC(C)(CN)S(=O)(=O)O. The smallest absolute Gasteiger partial charge is 0.327 e. The lowest BCUT2D eigenvalue weighted by Gasteiger charge is -2.16. The molecule has 0 aromatic rings. The number of rotatable bonds is 3. The predicted octanol–water partition coefficient (Wildman–Crippen LogP) is -0.131. The maximum absolute atomic E-state index is 10.4. The van der Waals surface area contributed by atoms with Gasteiger partial charge in [-0.3, -0.25) is 4.55 Å². The molecule has 0 heterocycles. The number of hydrogen-bond acceptors (Lipinski definition) is 4. The monoisotopic (exact) mass is 225 g/mol. The zero-order valence-corrected chi connectivity index (χ0v) is 8.91. The molecular weight excluding hydrogens is 210 g/mol. The Morgan fingerprint density at radius 2 is 1.86 bits per heavy atom. The highest BCUT2D eigenvalue weighted by atomic mass is 32.2. The molecule has 6 nitrogen and oxygen atoms in total. The third kappa shape index (κ3) is 6.58. The predicted molar refractivity (Wildman–Crippen MR) is 52.5 cm³/mol. The number of aliphatic carboxylic acids is 1. The van der Waals surface area contributed by atoms with Crippen LogP contribution in [-0.4, -0.2) is 35.3 Å². The van der Waals surface area contributed by atoms with Crippen molar-refractivity contribution in [1.29, 1.82) is 0 Å². The van der Waals surface area contributed by atoms with Crippen molar-refractivity contribution in [3.8, 4) is 0 Å². The average Bonchev–Trinajstić information content (AvgIpc) is 2.03. The summed E-state index contributed by atoms with van der Waals surface area (Å²) in [4.78, 5) is 9.25. The summed E-state index contributed by atoms with van der Waals surface area (Å²) in [6.07, 6.45) is 0.833. The topological polar surface area (TPSA) is 118 Å². The van der Waals surface area contributed by atoms with Gasteiger partial charge in [-0.2, -0.15) is 8.42 Å². The van der Waals surface area contributed by atoms with Crippen LogP contribution in [0.3, 0.4) is 0 Å². The van der Waals surface area contributed by atoms with Crippen molar-refractivity contribution < 1.29 is 22.9 Å². The van der Waals surface area contributed by atoms with Crippen LogP contribution in [0.1, 0.15) is 13.8 Å². The molecule has 0 aliphatic carbocycles. The van der Waals surface area contributed by atoms with Crippen LogP contribution < -0.4 is 5.73 Å². The normalized spacial score (nSPS) is 11.1. The highest BCUT2D eigenvalue weighted by Crippen LogP contribution is 2.11. The second-order valence-electron chi connectivity index (χ2n) is 2.98. The first kappa shape index (κ1) is 15.5. The minimum absolute atomic E-state index is 0.0775. The van der Waals surface area contributed by atoms with Crippen molar-refractivity contribution in [3.63, 3.8) is 0 Å². The van der Waals surface area contributed by atoms with Gasteiger partial charge in [-0.25, -0.2) is 4.79 Å². The van der Waals surface area contributed by atoms with Gasteiger partial charge in [-0.15, -0.1) is 0 Å². The lowest BCUT2D eigenvalue weighted by atomic mass is 10.2. The van der Waals surface area contributed by atoms with Crippen molar-refractivity contribution in [1.82, 2.24) is 0 Å². The lowest BCUT2D eigenvalue weighted by Crippen LogP contribution is -2.39. The van der Waals surface area contributed by atoms with Crippen LogP contribution in [-0.2, 0) is 14.9 Å². The molecule has 0 fully saturated rings. The van der Waals surface area contributed by atoms with Crippen LogP contribution in [0.2, 0.25) is 0 Å². The molecule has 0 radical (unpaired) electrons. The molecule has 0 aromatic heterocycles. The summed E-state index contributed by atoms with van der Waals surface area (Å²) in [5, 5.41) is 7.60. The van der Waals surface area contributed by atoms with Crippen LogP contribution in [0.15, 0.2) is 12.7 Å². The minimum Gasteiger partial charge on any atom is -0.478 e. The van der Waals surface area contributed by atoms with E-state index >= 15 is 0 Å². The van der Waals surface area contributed by atoms with E-state index in [1.54, 1.807) is 0 Å². The third-order valence-electron chi connectivity index (χ3n) is 1.36. The Hall–Kier alpha value is -0.920. The maximum Gasteiger partial charge on any atom is 0.327 e. The summed E-state index contributed by atoms with van der Waals surface area (Å²) in [7, 11) is -3.98. The molecule has 14 heavy (non-hydrogen) atoms. The van der Waals surface area contributed by atoms with Crippen molar-refractivity contribution in [3.05, 3.63) is 12.7 Å². The Balaban J connectivity index is 0. The Labute approximate surface area is 83.2 Å². The van der Waals surface area contributed by atoms with Crippen molar-refractivity contribution >= 4 is 16.1 Å². The first-order chi connectivity index (χ1) is 6.08.